The van der Waals surface area contributed by atoms with Gasteiger partial charge in [-0.3, -0.25) is 4.79 Å². The molecule has 0 spiro atoms. The van der Waals surface area contributed by atoms with Crippen LogP contribution in [-0.2, 0) is 11.4 Å². The molecule has 1 heterocycles. The Morgan fingerprint density at radius 2 is 1.62 bits per heavy atom. The first-order chi connectivity index (χ1) is 16.5. The fraction of sp³-hybridized carbons (Fsp3) is 0.286. The minimum Gasteiger partial charge on any atom is -0.489 e. The third-order valence-corrected chi connectivity index (χ3v) is 6.41. The fourth-order valence-electron chi connectivity index (χ4n) is 4.46. The van der Waals surface area contributed by atoms with E-state index in [0.717, 1.165) is 28.9 Å². The maximum atomic E-state index is 13.2. The van der Waals surface area contributed by atoms with Crippen molar-refractivity contribution in [2.75, 3.05) is 6.54 Å². The number of carbonyl (C=O) groups excluding carboxylic acids is 1. The number of carbonyl (C=O) groups is 2. The molecule has 0 radical (unpaired) electrons. The molecule has 3 atom stereocenters. The Balaban J connectivity index is 1.53. The van der Waals surface area contributed by atoms with E-state index in [2.05, 4.69) is 5.32 Å². The summed E-state index contributed by atoms with van der Waals surface area (Å²) in [6.07, 6.45) is 0.514. The fourth-order valence-corrected chi connectivity index (χ4v) is 4.46. The Labute approximate surface area is 200 Å². The predicted molar refractivity (Wildman–Crippen MR) is 131 cm³/mol. The second-order valence-corrected chi connectivity index (χ2v) is 8.65. The van der Waals surface area contributed by atoms with E-state index in [1.807, 2.05) is 91.9 Å². The first-order valence-corrected chi connectivity index (χ1v) is 11.6. The van der Waals surface area contributed by atoms with Crippen LogP contribution in [-0.4, -0.2) is 34.6 Å². The van der Waals surface area contributed by atoms with E-state index in [9.17, 15) is 14.7 Å². The number of ether oxygens (including phenoxy) is 1. The molecule has 0 aromatic heterocycles. The van der Waals surface area contributed by atoms with Crippen LogP contribution in [0.2, 0.25) is 0 Å². The quantitative estimate of drug-likeness (QED) is 0.476. The maximum Gasteiger partial charge on any atom is 0.407 e. The van der Waals surface area contributed by atoms with E-state index >= 15 is 0 Å². The summed E-state index contributed by atoms with van der Waals surface area (Å²) in [6, 6.07) is 26.3. The highest BCUT2D eigenvalue weighted by atomic mass is 16.5. The molecular weight excluding hydrogens is 428 g/mol. The summed E-state index contributed by atoms with van der Waals surface area (Å²) in [5.74, 6) is 0.242. The third-order valence-electron chi connectivity index (χ3n) is 6.41. The molecule has 1 saturated heterocycles. The van der Waals surface area contributed by atoms with Gasteiger partial charge in [0.05, 0.1) is 18.0 Å². The minimum absolute atomic E-state index is 0.127. The van der Waals surface area contributed by atoms with Crippen LogP contribution in [0.25, 0.3) is 0 Å². The summed E-state index contributed by atoms with van der Waals surface area (Å²) in [5.41, 5.74) is 2.86. The van der Waals surface area contributed by atoms with Gasteiger partial charge in [-0.1, -0.05) is 72.8 Å². The lowest BCUT2D eigenvalue weighted by molar-refractivity contribution is -0.123. The molecule has 3 aromatic carbocycles. The van der Waals surface area contributed by atoms with Gasteiger partial charge in [-0.2, -0.15) is 0 Å². The van der Waals surface area contributed by atoms with Crippen LogP contribution >= 0.6 is 0 Å². The van der Waals surface area contributed by atoms with Crippen molar-refractivity contribution in [3.05, 3.63) is 102 Å². The van der Waals surface area contributed by atoms with Gasteiger partial charge in [0.25, 0.3) is 0 Å². The number of benzene rings is 3. The lowest BCUT2D eigenvalue weighted by atomic mass is 9.94. The normalized spacial score (nSPS) is 17.1. The first kappa shape index (κ1) is 23.4. The van der Waals surface area contributed by atoms with E-state index in [0.29, 0.717) is 19.6 Å². The molecule has 4 rings (SSSR count). The molecule has 1 fully saturated rings. The second-order valence-electron chi connectivity index (χ2n) is 8.65. The Bertz CT molecular complexity index is 1090. The third kappa shape index (κ3) is 5.57. The number of rotatable bonds is 8. The van der Waals surface area contributed by atoms with E-state index in [-0.39, 0.29) is 17.9 Å². The predicted octanol–water partition coefficient (Wildman–Crippen LogP) is 5.37. The van der Waals surface area contributed by atoms with E-state index in [1.54, 1.807) is 0 Å². The van der Waals surface area contributed by atoms with Gasteiger partial charge < -0.3 is 20.1 Å². The number of nitrogens with zero attached hydrogens (tertiary/aromatic N) is 1. The summed E-state index contributed by atoms with van der Waals surface area (Å²) < 4.78 is 5.90. The van der Waals surface area contributed by atoms with Gasteiger partial charge in [0.15, 0.2) is 0 Å². The molecule has 6 nitrogen and oxygen atoms in total. The number of hydrogen-bond acceptors (Lipinski definition) is 3. The van der Waals surface area contributed by atoms with Gasteiger partial charge in [0.1, 0.15) is 12.4 Å². The van der Waals surface area contributed by atoms with Crippen molar-refractivity contribution in [1.29, 1.82) is 0 Å². The van der Waals surface area contributed by atoms with Crippen molar-refractivity contribution in [1.82, 2.24) is 10.2 Å². The van der Waals surface area contributed by atoms with Crippen LogP contribution < -0.4 is 10.1 Å². The van der Waals surface area contributed by atoms with Gasteiger partial charge in [0.2, 0.25) is 5.91 Å². The van der Waals surface area contributed by atoms with Crippen LogP contribution in [0.4, 0.5) is 4.79 Å². The van der Waals surface area contributed by atoms with Gasteiger partial charge in [-0.25, -0.2) is 4.79 Å². The molecular formula is C28H30N2O4. The summed E-state index contributed by atoms with van der Waals surface area (Å²) in [7, 11) is 0. The second kappa shape index (κ2) is 10.9. The summed E-state index contributed by atoms with van der Waals surface area (Å²) in [4.78, 5) is 26.5. The Hall–Kier alpha value is -3.80. The van der Waals surface area contributed by atoms with Gasteiger partial charge in [0, 0.05) is 6.54 Å². The minimum atomic E-state index is -0.958. The van der Waals surface area contributed by atoms with Crippen LogP contribution in [0.5, 0.6) is 5.75 Å². The highest BCUT2D eigenvalue weighted by Gasteiger charge is 2.37. The number of likely N-dealkylation sites (tertiary alicyclic amines) is 1. The van der Waals surface area contributed by atoms with Crippen molar-refractivity contribution in [3.8, 4) is 5.75 Å². The summed E-state index contributed by atoms with van der Waals surface area (Å²) in [5, 5.41) is 12.9. The van der Waals surface area contributed by atoms with E-state index in [4.69, 9.17) is 4.74 Å². The summed E-state index contributed by atoms with van der Waals surface area (Å²) >= 11 is 0. The van der Waals surface area contributed by atoms with Crippen molar-refractivity contribution in [2.24, 2.45) is 0 Å². The molecule has 0 aliphatic carbocycles. The largest absolute Gasteiger partial charge is 0.489 e. The zero-order valence-corrected chi connectivity index (χ0v) is 19.3. The Morgan fingerprint density at radius 1 is 0.971 bits per heavy atom. The molecule has 6 heteroatoms. The average Bonchev–Trinajstić information content (AvgIpc) is 3.37. The zero-order valence-electron chi connectivity index (χ0n) is 19.3. The monoisotopic (exact) mass is 458 g/mol. The molecule has 0 bridgehead atoms. The topological polar surface area (TPSA) is 78.9 Å². The van der Waals surface area contributed by atoms with Gasteiger partial charge in [-0.15, -0.1) is 0 Å². The van der Waals surface area contributed by atoms with E-state index < -0.39 is 12.1 Å². The molecule has 3 aromatic rings. The molecule has 1 aliphatic rings. The molecule has 1 aliphatic heterocycles. The standard InChI is InChI=1S/C28H30N2O4/c1-20(22-11-6-3-7-12-22)27(31)29-26(25-13-8-18-30(25)28(32)33)23-14-16-24(17-15-23)34-19-21-9-4-2-5-10-21/h2-7,9-12,14-17,20,25-26H,8,13,18-19H2,1H3,(H,29,31)(H,32,33)/t20?,25?,26-/m1/s1. The van der Waals surface area contributed by atoms with Crippen LogP contribution in [0, 0.1) is 0 Å². The molecule has 0 saturated carbocycles. The average molecular weight is 459 g/mol. The van der Waals surface area contributed by atoms with Crippen molar-refractivity contribution >= 4 is 12.0 Å². The molecule has 2 unspecified atom stereocenters. The molecule has 176 valence electrons. The van der Waals surface area contributed by atoms with Crippen LogP contribution in [0.15, 0.2) is 84.9 Å². The van der Waals surface area contributed by atoms with Gasteiger partial charge >= 0.3 is 6.09 Å². The smallest absolute Gasteiger partial charge is 0.407 e. The van der Waals surface area contributed by atoms with Gasteiger partial charge in [-0.05, 0) is 48.6 Å². The van der Waals surface area contributed by atoms with Crippen LogP contribution in [0.1, 0.15) is 48.4 Å². The Morgan fingerprint density at radius 3 is 2.26 bits per heavy atom. The highest BCUT2D eigenvalue weighted by molar-refractivity contribution is 5.83. The van der Waals surface area contributed by atoms with Crippen molar-refractivity contribution in [3.63, 3.8) is 0 Å². The summed E-state index contributed by atoms with van der Waals surface area (Å²) in [6.45, 7) is 2.80. The number of nitrogens with one attached hydrogen (secondary N) is 1. The molecule has 2 amide bonds. The zero-order chi connectivity index (χ0) is 23.9. The van der Waals surface area contributed by atoms with Crippen molar-refractivity contribution < 1.29 is 19.4 Å². The van der Waals surface area contributed by atoms with Crippen LogP contribution in [0.3, 0.4) is 0 Å². The molecule has 34 heavy (non-hydrogen) atoms. The van der Waals surface area contributed by atoms with E-state index in [1.165, 1.54) is 4.90 Å². The highest BCUT2D eigenvalue weighted by Crippen LogP contribution is 2.31. The number of amides is 2. The molecule has 2 N–H and O–H groups in total. The van der Waals surface area contributed by atoms with Crippen molar-refractivity contribution in [2.45, 2.75) is 44.4 Å². The number of hydrogen-bond donors (Lipinski definition) is 2. The SMILES string of the molecule is CC(C(=O)N[C@H](c1ccc(OCc2ccccc2)cc1)C1CCCN1C(=O)O)c1ccccc1. The lowest BCUT2D eigenvalue weighted by Gasteiger charge is -2.32. The Kier molecular flexibility index (Phi) is 7.48. The lowest BCUT2D eigenvalue weighted by Crippen LogP contribution is -2.46. The first-order valence-electron chi connectivity index (χ1n) is 11.6. The number of carboxylic acid groups (broad SMARTS) is 1. The maximum absolute atomic E-state index is 13.2.